The first-order chi connectivity index (χ1) is 14.4. The summed E-state index contributed by atoms with van der Waals surface area (Å²) < 4.78 is 6.14. The van der Waals surface area contributed by atoms with Gasteiger partial charge in [0.2, 0.25) is 5.91 Å². The van der Waals surface area contributed by atoms with Crippen LogP contribution in [-0.2, 0) is 9.53 Å². The van der Waals surface area contributed by atoms with Crippen molar-refractivity contribution in [3.63, 3.8) is 0 Å². The molecule has 2 atom stereocenters. The fraction of sp³-hybridized carbons (Fsp3) is 0.727. The largest absolute Gasteiger partial charge is 0.372 e. The molecule has 2 N–H and O–H groups in total. The van der Waals surface area contributed by atoms with E-state index < -0.39 is 0 Å². The highest BCUT2D eigenvalue weighted by Gasteiger charge is 2.41. The Morgan fingerprint density at radius 2 is 1.93 bits per heavy atom. The number of piperidine rings is 1. The van der Waals surface area contributed by atoms with Gasteiger partial charge < -0.3 is 29.7 Å². The van der Waals surface area contributed by atoms with E-state index in [0.29, 0.717) is 5.69 Å². The van der Waals surface area contributed by atoms with Gasteiger partial charge in [-0.25, -0.2) is 0 Å². The number of ether oxygens (including phenoxy) is 1. The summed E-state index contributed by atoms with van der Waals surface area (Å²) in [6.45, 7) is 5.80. The Morgan fingerprint density at radius 3 is 2.63 bits per heavy atom. The summed E-state index contributed by atoms with van der Waals surface area (Å²) in [5.74, 6) is 0.172. The second-order valence-corrected chi connectivity index (χ2v) is 9.34. The van der Waals surface area contributed by atoms with E-state index in [-0.39, 0.29) is 29.4 Å². The van der Waals surface area contributed by atoms with Crippen molar-refractivity contribution in [3.05, 3.63) is 24.0 Å². The number of morpholine rings is 1. The molecule has 2 amide bonds. The van der Waals surface area contributed by atoms with E-state index in [1.54, 1.807) is 12.3 Å². The van der Waals surface area contributed by atoms with Gasteiger partial charge in [-0.15, -0.1) is 0 Å². The predicted molar refractivity (Wildman–Crippen MR) is 114 cm³/mol. The molecular weight excluding hydrogens is 382 g/mol. The molecule has 0 radical (unpaired) electrons. The third-order valence-electron chi connectivity index (χ3n) is 6.88. The Morgan fingerprint density at radius 1 is 1.13 bits per heavy atom. The number of hydrogen-bond acceptors (Lipinski definition) is 5. The Labute approximate surface area is 178 Å². The number of aromatic amines is 1. The molecule has 4 heterocycles. The molecule has 1 spiro atoms. The third-order valence-corrected chi connectivity index (χ3v) is 6.88. The van der Waals surface area contributed by atoms with Crippen molar-refractivity contribution in [1.82, 2.24) is 25.0 Å². The first-order valence-corrected chi connectivity index (χ1v) is 11.2. The second kappa shape index (κ2) is 9.08. The summed E-state index contributed by atoms with van der Waals surface area (Å²) >= 11 is 0. The maximum atomic E-state index is 13.3. The van der Waals surface area contributed by atoms with Crippen LogP contribution in [0, 0.1) is 5.92 Å². The Bertz CT molecular complexity index is 729. The molecule has 1 aromatic rings. The van der Waals surface area contributed by atoms with Crippen molar-refractivity contribution < 1.29 is 14.3 Å². The number of nitrogens with one attached hydrogen (secondary N) is 2. The molecule has 3 aliphatic rings. The van der Waals surface area contributed by atoms with E-state index in [9.17, 15) is 9.59 Å². The molecule has 3 saturated heterocycles. The normalized spacial score (nSPS) is 28.3. The molecule has 8 nitrogen and oxygen atoms in total. The topological polar surface area (TPSA) is 80.9 Å². The number of H-pyrrole nitrogens is 1. The van der Waals surface area contributed by atoms with Crippen LogP contribution in [-0.4, -0.2) is 103 Å². The van der Waals surface area contributed by atoms with Gasteiger partial charge in [-0.2, -0.15) is 0 Å². The number of hydrogen-bond donors (Lipinski definition) is 2. The van der Waals surface area contributed by atoms with Gasteiger partial charge in [0.15, 0.2) is 0 Å². The number of rotatable bonds is 3. The summed E-state index contributed by atoms with van der Waals surface area (Å²) in [5.41, 5.74) is 0.504. The molecular formula is C22H35N5O3. The first-order valence-electron chi connectivity index (χ1n) is 11.2. The highest BCUT2D eigenvalue weighted by atomic mass is 16.5. The lowest BCUT2D eigenvalue weighted by atomic mass is 9.88. The number of aromatic nitrogens is 1. The summed E-state index contributed by atoms with van der Waals surface area (Å²) in [6.07, 6.45) is 5.21. The van der Waals surface area contributed by atoms with Crippen LogP contribution in [0.1, 0.15) is 36.2 Å². The number of nitrogens with zero attached hydrogens (tertiary/aromatic N) is 3. The van der Waals surface area contributed by atoms with E-state index >= 15 is 0 Å². The number of amides is 2. The van der Waals surface area contributed by atoms with Crippen LogP contribution in [0.4, 0.5) is 0 Å². The molecule has 0 aromatic carbocycles. The standard InChI is InChI=1S/C22H35N5O3/c1-25-12-13-30-22(16-25)7-10-27(11-8-22)21(29)17-5-6-18(15-26(2)14-17)24-20(28)19-4-3-9-23-19/h3-4,9,17-18,23H,5-8,10-16H2,1-2H3,(H,24,28)/t17-,18+/m1/s1. The van der Waals surface area contributed by atoms with Crippen LogP contribution in [0.15, 0.2) is 18.3 Å². The SMILES string of the molecule is CN1C[C@@H](NC(=O)c2ccc[nH]2)CC[C@@H](C(=O)N2CCC3(CC2)CN(C)CCO3)C1. The minimum absolute atomic E-state index is 0.00797. The monoisotopic (exact) mass is 417 g/mol. The van der Waals surface area contributed by atoms with Crippen molar-refractivity contribution in [2.45, 2.75) is 37.3 Å². The van der Waals surface area contributed by atoms with E-state index in [2.05, 4.69) is 27.1 Å². The molecule has 0 saturated carbocycles. The van der Waals surface area contributed by atoms with Crippen LogP contribution < -0.4 is 5.32 Å². The molecule has 0 unspecified atom stereocenters. The number of carbonyl (C=O) groups is 2. The van der Waals surface area contributed by atoms with Gasteiger partial charge in [0.1, 0.15) is 5.69 Å². The average Bonchev–Trinajstić information content (AvgIpc) is 3.19. The molecule has 166 valence electrons. The van der Waals surface area contributed by atoms with Crippen molar-refractivity contribution in [1.29, 1.82) is 0 Å². The quantitative estimate of drug-likeness (QED) is 0.760. The maximum absolute atomic E-state index is 13.3. The highest BCUT2D eigenvalue weighted by Crippen LogP contribution is 2.31. The average molecular weight is 418 g/mol. The summed E-state index contributed by atoms with van der Waals surface area (Å²) in [4.78, 5) is 35.1. The van der Waals surface area contributed by atoms with E-state index in [1.165, 1.54) is 0 Å². The molecule has 3 fully saturated rings. The number of likely N-dealkylation sites (N-methyl/N-ethyl adjacent to an activating group) is 2. The van der Waals surface area contributed by atoms with Crippen molar-refractivity contribution >= 4 is 11.8 Å². The molecule has 4 rings (SSSR count). The lowest BCUT2D eigenvalue weighted by Gasteiger charge is -2.47. The lowest BCUT2D eigenvalue weighted by Crippen LogP contribution is -2.57. The summed E-state index contributed by atoms with van der Waals surface area (Å²) in [6, 6.07) is 3.65. The maximum Gasteiger partial charge on any atom is 0.267 e. The third kappa shape index (κ3) is 4.87. The van der Waals surface area contributed by atoms with Gasteiger partial charge in [-0.1, -0.05) is 0 Å². The van der Waals surface area contributed by atoms with Crippen LogP contribution in [0.5, 0.6) is 0 Å². The van der Waals surface area contributed by atoms with Gasteiger partial charge >= 0.3 is 0 Å². The lowest BCUT2D eigenvalue weighted by molar-refractivity contribution is -0.151. The minimum atomic E-state index is -0.0815. The molecule has 30 heavy (non-hydrogen) atoms. The zero-order valence-electron chi connectivity index (χ0n) is 18.2. The minimum Gasteiger partial charge on any atom is -0.372 e. The zero-order valence-corrected chi connectivity index (χ0v) is 18.2. The molecule has 0 bridgehead atoms. The van der Waals surface area contributed by atoms with Gasteiger partial charge in [0.25, 0.3) is 5.91 Å². The first kappa shape index (κ1) is 21.3. The summed E-state index contributed by atoms with van der Waals surface area (Å²) in [5, 5.41) is 3.12. The molecule has 8 heteroatoms. The molecule has 0 aliphatic carbocycles. The summed E-state index contributed by atoms with van der Waals surface area (Å²) in [7, 11) is 4.19. The van der Waals surface area contributed by atoms with Crippen molar-refractivity contribution in [2.24, 2.45) is 5.92 Å². The second-order valence-electron chi connectivity index (χ2n) is 9.34. The predicted octanol–water partition coefficient (Wildman–Crippen LogP) is 0.778. The van der Waals surface area contributed by atoms with E-state index in [0.717, 1.165) is 71.6 Å². The van der Waals surface area contributed by atoms with Crippen LogP contribution >= 0.6 is 0 Å². The van der Waals surface area contributed by atoms with Gasteiger partial charge in [0, 0.05) is 51.5 Å². The van der Waals surface area contributed by atoms with Crippen molar-refractivity contribution in [2.75, 3.05) is 60.0 Å². The van der Waals surface area contributed by atoms with Crippen molar-refractivity contribution in [3.8, 4) is 0 Å². The Kier molecular flexibility index (Phi) is 6.46. The zero-order chi connectivity index (χ0) is 21.1. The van der Waals surface area contributed by atoms with Crippen LogP contribution in [0.3, 0.4) is 0 Å². The number of carbonyl (C=O) groups excluding carboxylic acids is 2. The van der Waals surface area contributed by atoms with Gasteiger partial charge in [-0.3, -0.25) is 9.59 Å². The molecule has 1 aromatic heterocycles. The fourth-order valence-electron chi connectivity index (χ4n) is 5.20. The van der Waals surface area contributed by atoms with Gasteiger partial charge in [-0.05, 0) is 51.9 Å². The van der Waals surface area contributed by atoms with Crippen LogP contribution in [0.2, 0.25) is 0 Å². The number of likely N-dealkylation sites (tertiary alicyclic amines) is 2. The van der Waals surface area contributed by atoms with E-state index in [4.69, 9.17) is 4.74 Å². The molecule has 3 aliphatic heterocycles. The Hall–Kier alpha value is -1.90. The van der Waals surface area contributed by atoms with Gasteiger partial charge in [0.05, 0.1) is 18.1 Å². The van der Waals surface area contributed by atoms with E-state index in [1.807, 2.05) is 18.0 Å². The smallest absolute Gasteiger partial charge is 0.267 e. The highest BCUT2D eigenvalue weighted by molar-refractivity contribution is 5.92. The van der Waals surface area contributed by atoms with Crippen LogP contribution in [0.25, 0.3) is 0 Å². The Balaban J connectivity index is 1.30. The fourth-order valence-corrected chi connectivity index (χ4v) is 5.20.